The zero-order valence-corrected chi connectivity index (χ0v) is 16.1. The molecule has 0 radical (unpaired) electrons. The first-order valence-corrected chi connectivity index (χ1v) is 9.31. The number of benzene rings is 3. The molecular weight excluding hydrogens is 382 g/mol. The Bertz CT molecular complexity index is 1190. The fourth-order valence-corrected chi connectivity index (χ4v) is 3.36. The van der Waals surface area contributed by atoms with Gasteiger partial charge in [0.2, 0.25) is 0 Å². The Hall–Kier alpha value is -4.06. The maximum atomic E-state index is 12.9. The molecule has 0 heterocycles. The standard InChI is InChI=1S/C24H17NO5/c1-14-9-11-15(12-10-14)25-20(26)13-30-24(29)19-8-4-7-18-21(19)23(28)17-6-3-2-5-16(17)22(18)27/h2-12H,13H2,1H3,(H,25,26). The van der Waals surface area contributed by atoms with Crippen molar-refractivity contribution < 1.29 is 23.9 Å². The first kappa shape index (κ1) is 19.3. The smallest absolute Gasteiger partial charge is 0.339 e. The molecular formula is C24H17NO5. The summed E-state index contributed by atoms with van der Waals surface area (Å²) in [6.07, 6.45) is 0. The summed E-state index contributed by atoms with van der Waals surface area (Å²) in [4.78, 5) is 50.4. The van der Waals surface area contributed by atoms with Gasteiger partial charge in [-0.1, -0.05) is 54.1 Å². The van der Waals surface area contributed by atoms with Crippen LogP contribution in [0.3, 0.4) is 0 Å². The van der Waals surface area contributed by atoms with Gasteiger partial charge < -0.3 is 10.1 Å². The van der Waals surface area contributed by atoms with Crippen molar-refractivity contribution in [1.82, 2.24) is 0 Å². The molecule has 4 rings (SSSR count). The predicted octanol–water partition coefficient (Wildman–Crippen LogP) is 3.57. The third-order valence-electron chi connectivity index (χ3n) is 4.84. The maximum absolute atomic E-state index is 12.9. The first-order valence-electron chi connectivity index (χ1n) is 9.31. The summed E-state index contributed by atoms with van der Waals surface area (Å²) < 4.78 is 5.11. The summed E-state index contributed by atoms with van der Waals surface area (Å²) in [5, 5.41) is 2.63. The lowest BCUT2D eigenvalue weighted by Gasteiger charge is -2.19. The third-order valence-corrected chi connectivity index (χ3v) is 4.84. The molecule has 0 atom stereocenters. The van der Waals surface area contributed by atoms with Gasteiger partial charge in [0, 0.05) is 27.9 Å². The van der Waals surface area contributed by atoms with Crippen LogP contribution < -0.4 is 5.32 Å². The minimum absolute atomic E-state index is 0.00476. The SMILES string of the molecule is Cc1ccc(NC(=O)COC(=O)c2cccc3c2C(=O)c2ccccc2C3=O)cc1. The van der Waals surface area contributed by atoms with E-state index >= 15 is 0 Å². The summed E-state index contributed by atoms with van der Waals surface area (Å²) in [7, 11) is 0. The Morgan fingerprint density at radius 2 is 1.43 bits per heavy atom. The van der Waals surface area contributed by atoms with Gasteiger partial charge in [0.05, 0.1) is 5.56 Å². The van der Waals surface area contributed by atoms with Gasteiger partial charge in [-0.2, -0.15) is 0 Å². The quantitative estimate of drug-likeness (QED) is 0.530. The molecule has 1 aliphatic rings. The number of rotatable bonds is 4. The van der Waals surface area contributed by atoms with Crippen molar-refractivity contribution >= 4 is 29.1 Å². The minimum Gasteiger partial charge on any atom is -0.452 e. The second kappa shape index (κ2) is 7.75. The van der Waals surface area contributed by atoms with Crippen LogP contribution in [0.25, 0.3) is 0 Å². The van der Waals surface area contributed by atoms with E-state index in [9.17, 15) is 19.2 Å². The molecule has 0 bridgehead atoms. The maximum Gasteiger partial charge on any atom is 0.339 e. The van der Waals surface area contributed by atoms with Crippen molar-refractivity contribution in [3.8, 4) is 0 Å². The molecule has 6 heteroatoms. The molecule has 0 spiro atoms. The van der Waals surface area contributed by atoms with Crippen molar-refractivity contribution in [3.05, 3.63) is 100 Å². The fourth-order valence-electron chi connectivity index (χ4n) is 3.36. The molecule has 1 aliphatic carbocycles. The third kappa shape index (κ3) is 3.51. The predicted molar refractivity (Wildman–Crippen MR) is 110 cm³/mol. The fraction of sp³-hybridized carbons (Fsp3) is 0.0833. The monoisotopic (exact) mass is 399 g/mol. The molecule has 0 unspecified atom stereocenters. The van der Waals surface area contributed by atoms with Gasteiger partial charge in [-0.05, 0) is 25.1 Å². The number of anilines is 1. The number of fused-ring (bicyclic) bond motifs is 2. The van der Waals surface area contributed by atoms with Crippen molar-refractivity contribution in [2.24, 2.45) is 0 Å². The van der Waals surface area contributed by atoms with Crippen LogP contribution in [-0.2, 0) is 9.53 Å². The van der Waals surface area contributed by atoms with Gasteiger partial charge in [-0.3, -0.25) is 14.4 Å². The van der Waals surface area contributed by atoms with E-state index in [1.54, 1.807) is 36.4 Å². The number of hydrogen-bond acceptors (Lipinski definition) is 5. The Balaban J connectivity index is 1.53. The Kier molecular flexibility index (Phi) is 4.98. The number of esters is 1. The van der Waals surface area contributed by atoms with Crippen molar-refractivity contribution in [1.29, 1.82) is 0 Å². The average molecular weight is 399 g/mol. The second-order valence-corrected chi connectivity index (χ2v) is 6.92. The number of ether oxygens (including phenoxy) is 1. The molecule has 0 aliphatic heterocycles. The van der Waals surface area contributed by atoms with E-state index in [2.05, 4.69) is 5.32 Å². The number of nitrogens with one attached hydrogen (secondary N) is 1. The number of aryl methyl sites for hydroxylation is 1. The molecule has 6 nitrogen and oxygen atoms in total. The van der Waals surface area contributed by atoms with E-state index in [1.807, 2.05) is 19.1 Å². The molecule has 0 saturated carbocycles. The Morgan fingerprint density at radius 1 is 0.800 bits per heavy atom. The molecule has 0 saturated heterocycles. The number of amides is 1. The highest BCUT2D eigenvalue weighted by Gasteiger charge is 2.33. The van der Waals surface area contributed by atoms with Gasteiger partial charge in [0.15, 0.2) is 18.2 Å². The van der Waals surface area contributed by atoms with E-state index in [1.165, 1.54) is 18.2 Å². The molecule has 0 aromatic heterocycles. The van der Waals surface area contributed by atoms with Crippen LogP contribution in [0.5, 0.6) is 0 Å². The van der Waals surface area contributed by atoms with Crippen LogP contribution >= 0.6 is 0 Å². The molecule has 3 aromatic carbocycles. The molecule has 1 N–H and O–H groups in total. The second-order valence-electron chi connectivity index (χ2n) is 6.92. The van der Waals surface area contributed by atoms with E-state index < -0.39 is 24.3 Å². The number of carbonyl (C=O) groups is 4. The summed E-state index contributed by atoms with van der Waals surface area (Å²) in [6, 6.07) is 18.1. The van der Waals surface area contributed by atoms with Crippen LogP contribution in [0.15, 0.2) is 66.7 Å². The van der Waals surface area contributed by atoms with Crippen LogP contribution in [0, 0.1) is 6.92 Å². The molecule has 1 amide bonds. The minimum atomic E-state index is -0.841. The molecule has 3 aromatic rings. The summed E-state index contributed by atoms with van der Waals surface area (Å²) in [5.74, 6) is -2.10. The van der Waals surface area contributed by atoms with Crippen LogP contribution in [0.1, 0.15) is 47.8 Å². The molecule has 0 fully saturated rings. The van der Waals surface area contributed by atoms with Crippen LogP contribution in [0.2, 0.25) is 0 Å². The number of hydrogen-bond donors (Lipinski definition) is 1. The normalized spacial score (nSPS) is 12.0. The summed E-state index contributed by atoms with van der Waals surface area (Å²) >= 11 is 0. The topological polar surface area (TPSA) is 89.5 Å². The van der Waals surface area contributed by atoms with Gasteiger partial charge in [0.25, 0.3) is 5.91 Å². The molecule has 148 valence electrons. The van der Waals surface area contributed by atoms with E-state index in [0.717, 1.165) is 5.56 Å². The highest BCUT2D eigenvalue weighted by atomic mass is 16.5. The van der Waals surface area contributed by atoms with Gasteiger partial charge in [-0.15, -0.1) is 0 Å². The van der Waals surface area contributed by atoms with Crippen molar-refractivity contribution in [2.75, 3.05) is 11.9 Å². The van der Waals surface area contributed by atoms with E-state index in [0.29, 0.717) is 11.3 Å². The van der Waals surface area contributed by atoms with E-state index in [4.69, 9.17) is 4.74 Å². The molecule has 30 heavy (non-hydrogen) atoms. The van der Waals surface area contributed by atoms with Gasteiger partial charge in [0.1, 0.15) is 0 Å². The lowest BCUT2D eigenvalue weighted by molar-refractivity contribution is -0.119. The lowest BCUT2D eigenvalue weighted by Crippen LogP contribution is -2.26. The number of carbonyl (C=O) groups excluding carboxylic acids is 4. The van der Waals surface area contributed by atoms with Crippen molar-refractivity contribution in [2.45, 2.75) is 6.92 Å². The summed E-state index contributed by atoms with van der Waals surface area (Å²) in [5.41, 5.74) is 2.29. The Morgan fingerprint density at radius 3 is 2.13 bits per heavy atom. The van der Waals surface area contributed by atoms with Crippen molar-refractivity contribution in [3.63, 3.8) is 0 Å². The Labute approximate surface area is 172 Å². The van der Waals surface area contributed by atoms with Crippen LogP contribution in [0.4, 0.5) is 5.69 Å². The summed E-state index contributed by atoms with van der Waals surface area (Å²) in [6.45, 7) is 1.41. The average Bonchev–Trinajstić information content (AvgIpc) is 2.77. The zero-order valence-electron chi connectivity index (χ0n) is 16.1. The van der Waals surface area contributed by atoms with Gasteiger partial charge in [-0.25, -0.2) is 4.79 Å². The van der Waals surface area contributed by atoms with E-state index in [-0.39, 0.29) is 28.0 Å². The van der Waals surface area contributed by atoms with Crippen LogP contribution in [-0.4, -0.2) is 30.0 Å². The highest BCUT2D eigenvalue weighted by molar-refractivity contribution is 6.30. The highest BCUT2D eigenvalue weighted by Crippen LogP contribution is 2.29. The zero-order chi connectivity index (χ0) is 21.3. The lowest BCUT2D eigenvalue weighted by atomic mass is 9.82. The number of ketones is 2. The first-order chi connectivity index (χ1) is 14.5. The van der Waals surface area contributed by atoms with Gasteiger partial charge >= 0.3 is 5.97 Å². The largest absolute Gasteiger partial charge is 0.452 e.